The van der Waals surface area contributed by atoms with Crippen molar-refractivity contribution in [2.24, 2.45) is 0 Å². The number of nitrogens with one attached hydrogen (secondary N) is 1. The van der Waals surface area contributed by atoms with Gasteiger partial charge in [-0.3, -0.25) is 0 Å². The third-order valence-electron chi connectivity index (χ3n) is 17.1. The van der Waals surface area contributed by atoms with Crippen LogP contribution < -0.4 is 4.90 Å². The number of hydrogen-bond donors (Lipinski definition) is 1. The zero-order valence-electron chi connectivity index (χ0n) is 42.5. The van der Waals surface area contributed by atoms with Crippen molar-refractivity contribution in [2.75, 3.05) is 4.90 Å². The molecule has 0 fully saturated rings. The molecular formula is C68H60N2. The molecule has 13 rings (SSSR count). The van der Waals surface area contributed by atoms with Gasteiger partial charge in [0.25, 0.3) is 0 Å². The van der Waals surface area contributed by atoms with Crippen LogP contribution in [0.3, 0.4) is 0 Å². The van der Waals surface area contributed by atoms with Gasteiger partial charge in [0.2, 0.25) is 0 Å². The van der Waals surface area contributed by atoms with Crippen LogP contribution >= 0.6 is 0 Å². The minimum Gasteiger partial charge on any atom is -0.354 e. The summed E-state index contributed by atoms with van der Waals surface area (Å²) in [6, 6.07) is 59.9. The molecular weight excluding hydrogens is 845 g/mol. The first-order valence-corrected chi connectivity index (χ1v) is 25.3. The lowest BCUT2D eigenvalue weighted by Crippen LogP contribution is -2.25. The predicted molar refractivity (Wildman–Crippen MR) is 298 cm³/mol. The summed E-state index contributed by atoms with van der Waals surface area (Å²) < 4.78 is 0. The molecule has 1 aromatic heterocycles. The Kier molecular flexibility index (Phi) is 8.88. The van der Waals surface area contributed by atoms with E-state index in [9.17, 15) is 0 Å². The van der Waals surface area contributed by atoms with Gasteiger partial charge in [-0.25, -0.2) is 0 Å². The number of aryl methyl sites for hydroxylation is 4. The third kappa shape index (κ3) is 5.62. The average Bonchev–Trinajstić information content (AvgIpc) is 3.99. The largest absolute Gasteiger partial charge is 0.354 e. The molecule has 2 heteroatoms. The lowest BCUT2D eigenvalue weighted by molar-refractivity contribution is 0.601. The van der Waals surface area contributed by atoms with Crippen molar-refractivity contribution in [3.63, 3.8) is 0 Å². The lowest BCUT2D eigenvalue weighted by atomic mass is 9.70. The molecule has 3 aliphatic carbocycles. The van der Waals surface area contributed by atoms with Gasteiger partial charge >= 0.3 is 0 Å². The van der Waals surface area contributed by atoms with Crippen molar-refractivity contribution >= 4 is 38.9 Å². The SMILES string of the molecule is Cc1cc(C)c(N(c2ccc3c(c2)C(C)(C)c2cc(-c4ccccc4)c4[nH]c5ccccc5c4c2-3)c2ccc3c(c2)C(C)(C)c2c-3c(C)c(-c3ccccc3C)c3c2C(C)(C)c2ccccc2-3)c(C)c1. The first-order valence-electron chi connectivity index (χ1n) is 25.3. The van der Waals surface area contributed by atoms with Crippen molar-refractivity contribution in [3.05, 3.63) is 219 Å². The van der Waals surface area contributed by atoms with E-state index >= 15 is 0 Å². The average molecular weight is 905 g/mol. The maximum absolute atomic E-state index is 3.89. The molecule has 10 aromatic rings. The number of anilines is 3. The quantitative estimate of drug-likeness (QED) is 0.182. The minimum absolute atomic E-state index is 0.180. The molecule has 0 radical (unpaired) electrons. The van der Waals surface area contributed by atoms with Crippen molar-refractivity contribution in [3.8, 4) is 55.6 Å². The fourth-order valence-corrected chi connectivity index (χ4v) is 14.0. The highest BCUT2D eigenvalue weighted by atomic mass is 15.1. The second-order valence-corrected chi connectivity index (χ2v) is 22.4. The molecule has 70 heavy (non-hydrogen) atoms. The van der Waals surface area contributed by atoms with Crippen LogP contribution in [0.15, 0.2) is 158 Å². The van der Waals surface area contributed by atoms with Crippen molar-refractivity contribution < 1.29 is 0 Å². The molecule has 0 saturated heterocycles. The van der Waals surface area contributed by atoms with Crippen LogP contribution in [-0.4, -0.2) is 4.98 Å². The van der Waals surface area contributed by atoms with Crippen LogP contribution in [0.4, 0.5) is 17.1 Å². The highest BCUT2D eigenvalue weighted by Crippen LogP contribution is 2.64. The molecule has 2 nitrogen and oxygen atoms in total. The van der Waals surface area contributed by atoms with Gasteiger partial charge < -0.3 is 9.88 Å². The molecule has 0 unspecified atom stereocenters. The molecule has 0 amide bonds. The number of rotatable bonds is 5. The Balaban J connectivity index is 1.04. The number of hydrogen-bond acceptors (Lipinski definition) is 1. The number of H-pyrrole nitrogens is 1. The predicted octanol–water partition coefficient (Wildman–Crippen LogP) is 18.6. The van der Waals surface area contributed by atoms with Gasteiger partial charge in [0.15, 0.2) is 0 Å². The molecule has 0 saturated carbocycles. The lowest BCUT2D eigenvalue weighted by Gasteiger charge is -2.33. The summed E-state index contributed by atoms with van der Waals surface area (Å²) in [6.45, 7) is 26.3. The van der Waals surface area contributed by atoms with Crippen LogP contribution in [0.25, 0.3) is 77.4 Å². The molecule has 1 heterocycles. The zero-order chi connectivity index (χ0) is 48.3. The summed E-state index contributed by atoms with van der Waals surface area (Å²) in [6.07, 6.45) is 0. The third-order valence-corrected chi connectivity index (χ3v) is 17.1. The van der Waals surface area contributed by atoms with Crippen LogP contribution in [0.1, 0.15) is 103 Å². The number of aromatic nitrogens is 1. The van der Waals surface area contributed by atoms with Crippen molar-refractivity contribution in [2.45, 2.75) is 92.4 Å². The molecule has 0 bridgehead atoms. The van der Waals surface area contributed by atoms with E-state index in [0.717, 1.165) is 0 Å². The van der Waals surface area contributed by atoms with Gasteiger partial charge in [-0.05, 0) is 177 Å². The fourth-order valence-electron chi connectivity index (χ4n) is 14.0. The molecule has 0 spiro atoms. The van der Waals surface area contributed by atoms with E-state index < -0.39 is 0 Å². The number of benzene rings is 9. The zero-order valence-corrected chi connectivity index (χ0v) is 42.5. The fraction of sp³-hybridized carbons (Fsp3) is 0.206. The Morgan fingerprint density at radius 1 is 0.400 bits per heavy atom. The van der Waals surface area contributed by atoms with Gasteiger partial charge in [0.1, 0.15) is 0 Å². The van der Waals surface area contributed by atoms with E-state index in [2.05, 4.69) is 244 Å². The Labute approximate surface area is 413 Å². The van der Waals surface area contributed by atoms with Crippen molar-refractivity contribution in [1.82, 2.24) is 4.98 Å². The minimum atomic E-state index is -0.273. The molecule has 1 N–H and O–H groups in total. The maximum Gasteiger partial charge on any atom is 0.0551 e. The highest BCUT2D eigenvalue weighted by Gasteiger charge is 2.48. The first-order chi connectivity index (χ1) is 33.6. The normalized spacial score (nSPS) is 15.1. The van der Waals surface area contributed by atoms with E-state index in [0.29, 0.717) is 0 Å². The van der Waals surface area contributed by atoms with Crippen LogP contribution in [0.5, 0.6) is 0 Å². The van der Waals surface area contributed by atoms with Crippen molar-refractivity contribution in [1.29, 1.82) is 0 Å². The van der Waals surface area contributed by atoms with Gasteiger partial charge in [-0.15, -0.1) is 0 Å². The maximum atomic E-state index is 3.89. The molecule has 342 valence electrons. The summed E-state index contributed by atoms with van der Waals surface area (Å²) in [5, 5.41) is 2.58. The van der Waals surface area contributed by atoms with E-state index in [-0.39, 0.29) is 16.2 Å². The Bertz CT molecular complexity index is 3880. The highest BCUT2D eigenvalue weighted by molar-refractivity contribution is 6.20. The molecule has 0 atom stereocenters. The number of fused-ring (bicyclic) bond motifs is 14. The van der Waals surface area contributed by atoms with Gasteiger partial charge in [-0.2, -0.15) is 0 Å². The number of para-hydroxylation sites is 1. The van der Waals surface area contributed by atoms with E-state index in [1.54, 1.807) is 0 Å². The Hall–Kier alpha value is -7.42. The second-order valence-electron chi connectivity index (χ2n) is 22.4. The summed E-state index contributed by atoms with van der Waals surface area (Å²) in [5.41, 5.74) is 33.7. The molecule has 0 aliphatic heterocycles. The summed E-state index contributed by atoms with van der Waals surface area (Å²) in [4.78, 5) is 6.47. The molecule has 9 aromatic carbocycles. The summed E-state index contributed by atoms with van der Waals surface area (Å²) in [7, 11) is 0. The van der Waals surface area contributed by atoms with E-state index in [4.69, 9.17) is 0 Å². The van der Waals surface area contributed by atoms with Crippen LogP contribution in [0, 0.1) is 34.6 Å². The second kappa shape index (κ2) is 14.6. The Morgan fingerprint density at radius 3 is 1.66 bits per heavy atom. The topological polar surface area (TPSA) is 19.0 Å². The molecule has 3 aliphatic rings. The summed E-state index contributed by atoms with van der Waals surface area (Å²) >= 11 is 0. The summed E-state index contributed by atoms with van der Waals surface area (Å²) in [5.74, 6) is 0. The standard InChI is InChI=1S/C68H60N2/c1-38-33-40(3)65(41(4)34-38)70(44-30-32-49-53(35-44)66(6,7)55-37-51(43-22-13-12-14-23-43)64-61(59(49)55)50-26-18-20-28-56(50)69-64)45-29-31-48-54(36-45)68(10,11)62-58(48)42(5)57(46-24-16-15-21-39(46)2)60-47-25-17-19-27-52(47)67(8,9)63(60)62/h12-37,69H,1-11H3. The smallest absolute Gasteiger partial charge is 0.0551 e. The monoisotopic (exact) mass is 904 g/mol. The van der Waals surface area contributed by atoms with Gasteiger partial charge in [-0.1, -0.05) is 168 Å². The van der Waals surface area contributed by atoms with Crippen LogP contribution in [-0.2, 0) is 16.2 Å². The van der Waals surface area contributed by atoms with Gasteiger partial charge in [0.05, 0.1) is 11.2 Å². The number of nitrogens with zero attached hydrogens (tertiary/aromatic N) is 1. The number of aromatic amines is 1. The van der Waals surface area contributed by atoms with E-state index in [1.807, 2.05) is 0 Å². The van der Waals surface area contributed by atoms with Gasteiger partial charge in [0, 0.05) is 49.5 Å². The Morgan fingerprint density at radius 2 is 0.957 bits per heavy atom. The van der Waals surface area contributed by atoms with Crippen LogP contribution in [0.2, 0.25) is 0 Å². The first kappa shape index (κ1) is 42.7. The van der Waals surface area contributed by atoms with E-state index in [1.165, 1.54) is 156 Å².